The van der Waals surface area contributed by atoms with Crippen molar-refractivity contribution in [1.29, 1.82) is 0 Å². The zero-order valence-electron chi connectivity index (χ0n) is 49.1. The first-order valence-electron chi connectivity index (χ1n) is 27.7. The summed E-state index contributed by atoms with van der Waals surface area (Å²) in [6, 6.07) is 48.6. The molecule has 0 amide bonds. The van der Waals surface area contributed by atoms with Crippen molar-refractivity contribution in [3.63, 3.8) is 0 Å². The number of rotatable bonds is 7. The van der Waals surface area contributed by atoms with Crippen LogP contribution < -0.4 is 20.0 Å². The Balaban J connectivity index is 1.12. The van der Waals surface area contributed by atoms with E-state index in [4.69, 9.17) is 23.4 Å². The molecule has 0 spiro atoms. The molecule has 6 aromatic carbocycles. The van der Waals surface area contributed by atoms with Gasteiger partial charge in [-0.3, -0.25) is 4.57 Å². The molecular formula is C66H79B3N4O4. The van der Waals surface area contributed by atoms with Gasteiger partial charge in [-0.05, 0) is 121 Å². The van der Waals surface area contributed by atoms with Gasteiger partial charge in [0.25, 0.3) is 0 Å². The van der Waals surface area contributed by atoms with Gasteiger partial charge in [0.2, 0.25) is 0 Å². The average Bonchev–Trinajstić information content (AvgIpc) is 4.12. The van der Waals surface area contributed by atoms with Crippen LogP contribution >= 0.6 is 0 Å². The summed E-state index contributed by atoms with van der Waals surface area (Å²) in [6.45, 7) is 41.1. The van der Waals surface area contributed by atoms with Gasteiger partial charge in [-0.2, -0.15) is 0 Å². The highest BCUT2D eigenvalue weighted by molar-refractivity contribution is 6.81. The molecule has 2 aromatic heterocycles. The molecule has 1 saturated heterocycles. The van der Waals surface area contributed by atoms with Gasteiger partial charge in [0.15, 0.2) is 0 Å². The smallest absolute Gasteiger partial charge is 0.457 e. The molecule has 8 nitrogen and oxygen atoms in total. The largest absolute Gasteiger partial charge is 0.468 e. The first-order chi connectivity index (χ1) is 35.9. The van der Waals surface area contributed by atoms with E-state index in [2.05, 4.69) is 266 Å². The molecule has 0 saturated carbocycles. The topological polar surface area (TPSA) is 61.2 Å². The fraction of sp³-hybridized carbons (Fsp3) is 0.379. The maximum absolute atomic E-state index is 7.14. The van der Waals surface area contributed by atoms with Gasteiger partial charge in [0.05, 0.1) is 28.1 Å². The Kier molecular flexibility index (Phi) is 13.6. The molecule has 0 atom stereocenters. The number of ether oxygens (including phenoxy) is 1. The predicted molar refractivity (Wildman–Crippen MR) is 327 cm³/mol. The summed E-state index contributed by atoms with van der Waals surface area (Å²) in [5, 5.41) is 1.65. The van der Waals surface area contributed by atoms with Crippen LogP contribution in [0.15, 0.2) is 140 Å². The number of fused-ring (bicyclic) bond motifs is 4. The van der Waals surface area contributed by atoms with E-state index in [1.54, 1.807) is 0 Å². The maximum atomic E-state index is 7.14. The zero-order chi connectivity index (χ0) is 55.4. The highest BCUT2D eigenvalue weighted by atomic mass is 16.7. The van der Waals surface area contributed by atoms with E-state index in [1.165, 1.54) is 27.6 Å². The number of nitrogens with zero attached hydrogens (tertiary/aromatic N) is 4. The van der Waals surface area contributed by atoms with E-state index in [1.807, 2.05) is 12.3 Å². The van der Waals surface area contributed by atoms with Crippen LogP contribution in [0.2, 0.25) is 10.6 Å². The third kappa shape index (κ3) is 10.7. The Morgan fingerprint density at radius 2 is 1.03 bits per heavy atom. The number of aromatic nitrogens is 2. The molecule has 0 aliphatic carbocycles. The fourth-order valence-electron chi connectivity index (χ4n) is 10.6. The standard InChI is InChI=1S/C66H79B3N4O4/c1-61(2,3)44-32-33-70-59(39-44)73-55-27-20-19-26-51(55)52-31-30-50(41-58(52)73)74-49-25-23-24-48(40-49)71-42-72(57-29-22-21-28-56(57)71)60-53(43-34-45(62(4,5)6)36-46(35-43)63(7,8)9)37-47(64(10,11)12)38-54(60)67-75-68(65(13,14)15)77-69(76-67)66(16,17)18/h19-41H,42H2,1-18H3. The Morgan fingerprint density at radius 1 is 0.468 bits per heavy atom. The molecule has 11 heteroatoms. The molecule has 0 radical (unpaired) electrons. The second-order valence-corrected chi connectivity index (χ2v) is 27.9. The lowest BCUT2D eigenvalue weighted by Gasteiger charge is -2.42. The van der Waals surface area contributed by atoms with Crippen molar-refractivity contribution in [3.05, 3.63) is 162 Å². The van der Waals surface area contributed by atoms with Crippen molar-refractivity contribution < 1.29 is 18.5 Å². The number of para-hydroxylation sites is 3. The molecule has 1 fully saturated rings. The summed E-state index contributed by atoms with van der Waals surface area (Å²) in [4.78, 5) is 9.81. The minimum atomic E-state index is -0.742. The van der Waals surface area contributed by atoms with E-state index in [0.717, 1.165) is 73.1 Å². The fourth-order valence-corrected chi connectivity index (χ4v) is 10.6. The Labute approximate surface area is 460 Å². The van der Waals surface area contributed by atoms with E-state index in [0.29, 0.717) is 6.67 Å². The van der Waals surface area contributed by atoms with Gasteiger partial charge in [-0.1, -0.05) is 185 Å². The van der Waals surface area contributed by atoms with Crippen LogP contribution in [0.5, 0.6) is 11.5 Å². The van der Waals surface area contributed by atoms with Crippen LogP contribution in [0.25, 0.3) is 38.8 Å². The molecule has 396 valence electrons. The van der Waals surface area contributed by atoms with Gasteiger partial charge in [-0.15, -0.1) is 0 Å². The van der Waals surface area contributed by atoms with Crippen molar-refractivity contribution >= 4 is 71.4 Å². The number of benzene rings is 6. The number of hydrogen-bond acceptors (Lipinski definition) is 7. The average molecular weight is 1020 g/mol. The monoisotopic (exact) mass is 1020 g/mol. The van der Waals surface area contributed by atoms with Gasteiger partial charge in [-0.25, -0.2) is 4.98 Å². The molecule has 0 unspecified atom stereocenters. The Hall–Kier alpha value is -6.26. The number of pyridine rings is 1. The lowest BCUT2D eigenvalue weighted by atomic mass is 9.50. The van der Waals surface area contributed by atoms with E-state index < -0.39 is 21.4 Å². The van der Waals surface area contributed by atoms with Gasteiger partial charge in [0, 0.05) is 45.8 Å². The summed E-state index contributed by atoms with van der Waals surface area (Å²) in [6.07, 6.45) is 1.92. The first-order valence-corrected chi connectivity index (χ1v) is 27.7. The quantitative estimate of drug-likeness (QED) is 0.147. The SMILES string of the molecule is CC(C)(C)B1OB(c2cc(C(C)(C)C)cc(-c3cc(C(C)(C)C)cc(C(C)(C)C)c3)c2N2CN(c3cccc(Oc4ccc5c6ccccc6n(-c6cc(C(C)(C)C)ccn6)c5c4)c3)c3ccccc32)OB(C(C)(C)C)O1. The molecule has 8 aromatic rings. The summed E-state index contributed by atoms with van der Waals surface area (Å²) in [5.41, 5.74) is 14.2. The van der Waals surface area contributed by atoms with Gasteiger partial charge < -0.3 is 28.3 Å². The van der Waals surface area contributed by atoms with Crippen LogP contribution in [0, 0.1) is 0 Å². The van der Waals surface area contributed by atoms with Crippen LogP contribution in [-0.4, -0.2) is 37.6 Å². The van der Waals surface area contributed by atoms with Crippen LogP contribution in [0.3, 0.4) is 0 Å². The normalized spacial score (nSPS) is 15.1. The van der Waals surface area contributed by atoms with Crippen molar-refractivity contribution in [2.24, 2.45) is 0 Å². The van der Waals surface area contributed by atoms with Crippen LogP contribution in [0.4, 0.5) is 22.7 Å². The second kappa shape index (κ2) is 19.3. The third-order valence-corrected chi connectivity index (χ3v) is 15.3. The van der Waals surface area contributed by atoms with Crippen LogP contribution in [0.1, 0.15) is 147 Å². The molecule has 2 aliphatic heterocycles. The highest BCUT2D eigenvalue weighted by Gasteiger charge is 2.52. The van der Waals surface area contributed by atoms with E-state index >= 15 is 0 Å². The van der Waals surface area contributed by atoms with Crippen molar-refractivity contribution in [3.8, 4) is 28.4 Å². The van der Waals surface area contributed by atoms with Gasteiger partial charge in [0.1, 0.15) is 24.0 Å². The summed E-state index contributed by atoms with van der Waals surface area (Å²) in [5.74, 6) is 2.37. The van der Waals surface area contributed by atoms with Crippen molar-refractivity contribution in [1.82, 2.24) is 9.55 Å². The lowest BCUT2D eigenvalue weighted by molar-refractivity contribution is 0.250. The molecule has 2 aliphatic rings. The molecule has 0 bridgehead atoms. The van der Waals surface area contributed by atoms with Gasteiger partial charge >= 0.3 is 21.4 Å². The zero-order valence-corrected chi connectivity index (χ0v) is 49.1. The highest BCUT2D eigenvalue weighted by Crippen LogP contribution is 2.50. The van der Waals surface area contributed by atoms with E-state index in [9.17, 15) is 0 Å². The van der Waals surface area contributed by atoms with Crippen molar-refractivity contribution in [2.75, 3.05) is 16.5 Å². The third-order valence-electron chi connectivity index (χ3n) is 15.3. The van der Waals surface area contributed by atoms with Crippen LogP contribution in [-0.2, 0) is 35.4 Å². The lowest BCUT2D eigenvalue weighted by Crippen LogP contribution is -2.59. The maximum Gasteiger partial charge on any atom is 0.468 e. The summed E-state index contributed by atoms with van der Waals surface area (Å²) in [7, 11) is -1.79. The summed E-state index contributed by atoms with van der Waals surface area (Å²) < 4.78 is 30.2. The first kappa shape index (κ1) is 54.1. The number of hydrogen-bond donors (Lipinski definition) is 0. The van der Waals surface area contributed by atoms with E-state index in [-0.39, 0.29) is 32.3 Å². The van der Waals surface area contributed by atoms with Crippen molar-refractivity contribution in [2.45, 2.75) is 157 Å². The summed E-state index contributed by atoms with van der Waals surface area (Å²) >= 11 is 0. The minimum absolute atomic E-state index is 0.0304. The molecule has 10 rings (SSSR count). The predicted octanol–water partition coefficient (Wildman–Crippen LogP) is 17.4. The number of anilines is 4. The Bertz CT molecular complexity index is 3470. The molecule has 77 heavy (non-hydrogen) atoms. The molecular weight excluding hydrogens is 945 g/mol. The second-order valence-electron chi connectivity index (χ2n) is 27.9. The minimum Gasteiger partial charge on any atom is -0.457 e. The molecule has 4 heterocycles. The Morgan fingerprint density at radius 3 is 1.64 bits per heavy atom. The molecule has 0 N–H and O–H groups in total.